The van der Waals surface area contributed by atoms with Crippen LogP contribution in [0.4, 0.5) is 0 Å². The Hall–Kier alpha value is -1.18. The molecule has 0 saturated carbocycles. The number of sulfonamides is 1. The molecule has 0 aliphatic rings. The van der Waals surface area contributed by atoms with Crippen molar-refractivity contribution in [1.29, 1.82) is 0 Å². The van der Waals surface area contributed by atoms with Crippen LogP contribution < -0.4 is 0 Å². The number of pyridine rings is 1. The van der Waals surface area contributed by atoms with Gasteiger partial charge in [0.1, 0.15) is 16.6 Å². The second-order valence-corrected chi connectivity index (χ2v) is 6.54. The molecule has 0 bridgehead atoms. The van der Waals surface area contributed by atoms with Crippen molar-refractivity contribution in [1.82, 2.24) is 9.29 Å². The average Bonchev–Trinajstić information content (AvgIpc) is 2.36. The van der Waals surface area contributed by atoms with Gasteiger partial charge in [-0.2, -0.15) is 4.31 Å². The summed E-state index contributed by atoms with van der Waals surface area (Å²) in [6, 6.07) is 2.35. The summed E-state index contributed by atoms with van der Waals surface area (Å²) in [6.07, 6.45) is 1.16. The number of aromatic nitrogens is 1. The van der Waals surface area contributed by atoms with E-state index in [1.807, 2.05) is 0 Å². The van der Waals surface area contributed by atoms with Crippen LogP contribution >= 0.6 is 11.6 Å². The zero-order chi connectivity index (χ0) is 15.3. The van der Waals surface area contributed by atoms with Crippen LogP contribution in [0.2, 0.25) is 5.15 Å². The van der Waals surface area contributed by atoms with Crippen LogP contribution in [-0.2, 0) is 19.6 Å². The van der Waals surface area contributed by atoms with Crippen LogP contribution in [0, 0.1) is 0 Å². The third-order valence-corrected chi connectivity index (χ3v) is 4.70. The predicted octanol–water partition coefficient (Wildman–Crippen LogP) is 1.70. The quantitative estimate of drug-likeness (QED) is 0.589. The number of carbonyl (C=O) groups is 1. The number of halogens is 1. The molecule has 0 spiro atoms. The highest BCUT2D eigenvalue weighted by Crippen LogP contribution is 2.18. The number of esters is 1. The molecule has 0 amide bonds. The van der Waals surface area contributed by atoms with Gasteiger partial charge < -0.3 is 4.74 Å². The van der Waals surface area contributed by atoms with Crippen LogP contribution in [-0.4, -0.2) is 42.9 Å². The number of rotatable bonds is 6. The van der Waals surface area contributed by atoms with Gasteiger partial charge in [0.15, 0.2) is 0 Å². The summed E-state index contributed by atoms with van der Waals surface area (Å²) < 4.78 is 30.8. The molecule has 6 nitrogen and oxygen atoms in total. The molecule has 0 radical (unpaired) electrons. The van der Waals surface area contributed by atoms with E-state index in [4.69, 9.17) is 16.3 Å². The minimum absolute atomic E-state index is 0.0140. The lowest BCUT2D eigenvalue weighted by Gasteiger charge is -2.24. The van der Waals surface area contributed by atoms with E-state index in [-0.39, 0.29) is 29.2 Å². The summed E-state index contributed by atoms with van der Waals surface area (Å²) in [5.74, 6) is -0.591. The Kier molecular flexibility index (Phi) is 5.91. The van der Waals surface area contributed by atoms with E-state index in [0.29, 0.717) is 0 Å². The summed E-state index contributed by atoms with van der Waals surface area (Å²) in [5.41, 5.74) is 0. The van der Waals surface area contributed by atoms with Crippen molar-refractivity contribution in [2.75, 3.05) is 13.2 Å². The summed E-state index contributed by atoms with van der Waals surface area (Å²) in [4.78, 5) is 15.3. The van der Waals surface area contributed by atoms with Crippen LogP contribution in [0.15, 0.2) is 23.2 Å². The Labute approximate surface area is 123 Å². The molecule has 1 aromatic rings. The third kappa shape index (κ3) is 4.16. The first-order valence-electron chi connectivity index (χ1n) is 6.08. The van der Waals surface area contributed by atoms with Gasteiger partial charge in [0, 0.05) is 12.2 Å². The highest BCUT2D eigenvalue weighted by atomic mass is 35.5. The highest BCUT2D eigenvalue weighted by molar-refractivity contribution is 7.89. The SMILES string of the molecule is CCOC(=O)CN(C(C)C)S(=O)(=O)c1ccc(Cl)nc1. The van der Waals surface area contributed by atoms with Crippen molar-refractivity contribution in [2.24, 2.45) is 0 Å². The topological polar surface area (TPSA) is 76.6 Å². The first-order chi connectivity index (χ1) is 9.28. The standard InChI is InChI=1S/C12H17ClN2O4S/c1-4-19-12(16)8-15(9(2)3)20(17,18)10-5-6-11(13)14-7-10/h5-7,9H,4,8H2,1-3H3. The molecule has 1 rings (SSSR count). The van der Waals surface area contributed by atoms with Gasteiger partial charge >= 0.3 is 5.97 Å². The molecule has 0 N–H and O–H groups in total. The summed E-state index contributed by atoms with van der Waals surface area (Å²) >= 11 is 5.64. The number of carbonyl (C=O) groups excluding carboxylic acids is 1. The Morgan fingerprint density at radius 2 is 2.10 bits per heavy atom. The fourth-order valence-electron chi connectivity index (χ4n) is 1.53. The largest absolute Gasteiger partial charge is 0.465 e. The van der Waals surface area contributed by atoms with Crippen molar-refractivity contribution in [2.45, 2.75) is 31.7 Å². The van der Waals surface area contributed by atoms with E-state index in [1.54, 1.807) is 20.8 Å². The third-order valence-electron chi connectivity index (χ3n) is 2.47. The van der Waals surface area contributed by atoms with Crippen molar-refractivity contribution in [3.8, 4) is 0 Å². The van der Waals surface area contributed by atoms with Gasteiger partial charge in [-0.3, -0.25) is 4.79 Å². The number of hydrogen-bond donors (Lipinski definition) is 0. The molecular formula is C12H17ClN2O4S. The maximum Gasteiger partial charge on any atom is 0.321 e. The molecule has 0 aliphatic heterocycles. The van der Waals surface area contributed by atoms with Crippen molar-refractivity contribution < 1.29 is 17.9 Å². The van der Waals surface area contributed by atoms with Gasteiger partial charge in [0.05, 0.1) is 6.61 Å². The molecule has 0 unspecified atom stereocenters. The van der Waals surface area contributed by atoms with Gasteiger partial charge in [-0.25, -0.2) is 13.4 Å². The number of nitrogens with zero attached hydrogens (tertiary/aromatic N) is 2. The van der Waals surface area contributed by atoms with Gasteiger partial charge in [0.25, 0.3) is 0 Å². The smallest absolute Gasteiger partial charge is 0.321 e. The molecule has 112 valence electrons. The molecule has 0 saturated heterocycles. The Balaban J connectivity index is 3.06. The van der Waals surface area contributed by atoms with E-state index in [1.165, 1.54) is 12.1 Å². The number of hydrogen-bond acceptors (Lipinski definition) is 5. The normalized spacial score (nSPS) is 11.9. The van der Waals surface area contributed by atoms with Gasteiger partial charge in [-0.1, -0.05) is 11.6 Å². The average molecular weight is 321 g/mol. The van der Waals surface area contributed by atoms with Crippen LogP contribution in [0.25, 0.3) is 0 Å². The summed E-state index contributed by atoms with van der Waals surface area (Å²) in [6.45, 7) is 4.89. The molecule has 1 aromatic heterocycles. The van der Waals surface area contributed by atoms with Crippen molar-refractivity contribution >= 4 is 27.6 Å². The Morgan fingerprint density at radius 3 is 2.55 bits per heavy atom. The van der Waals surface area contributed by atoms with E-state index >= 15 is 0 Å². The van der Waals surface area contributed by atoms with E-state index in [2.05, 4.69) is 4.98 Å². The second-order valence-electron chi connectivity index (χ2n) is 4.27. The first kappa shape index (κ1) is 16.9. The lowest BCUT2D eigenvalue weighted by Crippen LogP contribution is -2.41. The van der Waals surface area contributed by atoms with E-state index in [9.17, 15) is 13.2 Å². The van der Waals surface area contributed by atoms with Crippen LogP contribution in [0.1, 0.15) is 20.8 Å². The molecule has 0 aliphatic carbocycles. The molecule has 0 fully saturated rings. The first-order valence-corrected chi connectivity index (χ1v) is 7.89. The summed E-state index contributed by atoms with van der Waals surface area (Å²) in [5, 5.41) is 0.199. The van der Waals surface area contributed by atoms with Crippen LogP contribution in [0.3, 0.4) is 0 Å². The zero-order valence-corrected chi connectivity index (χ0v) is 13.1. The number of ether oxygens (including phenoxy) is 1. The minimum atomic E-state index is -3.82. The maximum atomic E-state index is 12.5. The lowest BCUT2D eigenvalue weighted by molar-refractivity contribution is -0.143. The second kappa shape index (κ2) is 7.01. The molecule has 1 heterocycles. The molecule has 20 heavy (non-hydrogen) atoms. The van der Waals surface area contributed by atoms with Gasteiger partial charge in [-0.15, -0.1) is 0 Å². The lowest BCUT2D eigenvalue weighted by atomic mass is 10.4. The molecular weight excluding hydrogens is 304 g/mol. The van der Waals surface area contributed by atoms with Gasteiger partial charge in [-0.05, 0) is 32.9 Å². The molecule has 0 atom stereocenters. The van der Waals surface area contributed by atoms with E-state index in [0.717, 1.165) is 10.5 Å². The Bertz CT molecular complexity index is 557. The minimum Gasteiger partial charge on any atom is -0.465 e. The zero-order valence-electron chi connectivity index (χ0n) is 11.5. The monoisotopic (exact) mass is 320 g/mol. The van der Waals surface area contributed by atoms with Crippen molar-refractivity contribution in [3.05, 3.63) is 23.5 Å². The van der Waals surface area contributed by atoms with Crippen LogP contribution in [0.5, 0.6) is 0 Å². The fraction of sp³-hybridized carbons (Fsp3) is 0.500. The predicted molar refractivity (Wildman–Crippen MR) is 74.9 cm³/mol. The fourth-order valence-corrected chi connectivity index (χ4v) is 3.17. The van der Waals surface area contributed by atoms with Crippen molar-refractivity contribution in [3.63, 3.8) is 0 Å². The maximum absolute atomic E-state index is 12.5. The molecule has 0 aromatic carbocycles. The molecule has 8 heteroatoms. The van der Waals surface area contributed by atoms with Gasteiger partial charge in [0.2, 0.25) is 10.0 Å². The Morgan fingerprint density at radius 1 is 1.45 bits per heavy atom. The summed E-state index contributed by atoms with van der Waals surface area (Å²) in [7, 11) is -3.82. The van der Waals surface area contributed by atoms with E-state index < -0.39 is 16.0 Å². The highest BCUT2D eigenvalue weighted by Gasteiger charge is 2.29.